The van der Waals surface area contributed by atoms with Gasteiger partial charge >= 0.3 is 23.9 Å². The quantitative estimate of drug-likeness (QED) is 0.167. The van der Waals surface area contributed by atoms with Crippen molar-refractivity contribution in [2.75, 3.05) is 33.8 Å². The van der Waals surface area contributed by atoms with Gasteiger partial charge in [-0.15, -0.1) is 6.42 Å². The fourth-order valence-corrected chi connectivity index (χ4v) is 3.29. The summed E-state index contributed by atoms with van der Waals surface area (Å²) in [7, 11) is 3.53. The van der Waals surface area contributed by atoms with Gasteiger partial charge in [0.2, 0.25) is 12.4 Å². The topological polar surface area (TPSA) is 114 Å². The van der Waals surface area contributed by atoms with Crippen LogP contribution in [0, 0.1) is 12.3 Å². The van der Waals surface area contributed by atoms with E-state index in [1.807, 2.05) is 13.8 Å². The Morgan fingerprint density at radius 3 is 1.82 bits per heavy atom. The minimum atomic E-state index is -1.35. The van der Waals surface area contributed by atoms with Gasteiger partial charge in [0.15, 0.2) is 18.8 Å². The van der Waals surface area contributed by atoms with E-state index in [2.05, 4.69) is 5.92 Å². The molecule has 10 heteroatoms. The number of rotatable bonds is 13. The zero-order valence-corrected chi connectivity index (χ0v) is 20.9. The molecule has 192 valence electrons. The van der Waals surface area contributed by atoms with Crippen molar-refractivity contribution in [3.05, 3.63) is 0 Å². The molecule has 0 aromatic heterocycles. The third-order valence-corrected chi connectivity index (χ3v) is 4.89. The molecular formula is C24H38NO9+. The molecule has 1 unspecified atom stereocenters. The fraction of sp³-hybridized carbons (Fsp3) is 0.750. The first-order valence-electron chi connectivity index (χ1n) is 11.7. The summed E-state index contributed by atoms with van der Waals surface area (Å²) in [6.07, 6.45) is 2.47. The number of quaternary nitrogens is 1. The maximum atomic E-state index is 12.6. The van der Waals surface area contributed by atoms with E-state index >= 15 is 0 Å². The van der Waals surface area contributed by atoms with Crippen molar-refractivity contribution in [2.45, 2.75) is 83.9 Å². The number of esters is 4. The molecule has 0 amide bonds. The molecule has 0 aromatic carbocycles. The van der Waals surface area contributed by atoms with Gasteiger partial charge in [-0.1, -0.05) is 20.8 Å². The maximum Gasteiger partial charge on any atom is 0.364 e. The summed E-state index contributed by atoms with van der Waals surface area (Å²) in [4.78, 5) is 49.5. The largest absolute Gasteiger partial charge is 0.456 e. The van der Waals surface area contributed by atoms with E-state index in [1.165, 1.54) is 0 Å². The first kappa shape index (κ1) is 29.4. The van der Waals surface area contributed by atoms with E-state index in [0.29, 0.717) is 25.8 Å². The van der Waals surface area contributed by atoms with Gasteiger partial charge in [0.05, 0.1) is 20.7 Å². The van der Waals surface area contributed by atoms with Crippen LogP contribution in [0.3, 0.4) is 0 Å². The van der Waals surface area contributed by atoms with E-state index in [0.717, 1.165) is 0 Å². The van der Waals surface area contributed by atoms with Gasteiger partial charge in [0, 0.05) is 19.3 Å². The average Bonchev–Trinajstić information content (AvgIpc) is 2.72. The van der Waals surface area contributed by atoms with Gasteiger partial charge in [-0.05, 0) is 25.2 Å². The van der Waals surface area contributed by atoms with Crippen LogP contribution in [0.25, 0.3) is 0 Å². The molecule has 0 radical (unpaired) electrons. The number of hydrogen-bond donors (Lipinski definition) is 0. The lowest BCUT2D eigenvalue weighted by molar-refractivity contribution is -0.875. The van der Waals surface area contributed by atoms with Gasteiger partial charge in [-0.3, -0.25) is 14.4 Å². The maximum absolute atomic E-state index is 12.6. The SMILES string of the molecule is C#CC[N+](C)(C)CC(=O)OC1OC[C@@H](OC(=O)CCC)[C@@H](OC(=O)CCC)[C@H]1OC(=O)CCC. The molecule has 0 saturated carbocycles. The van der Waals surface area contributed by atoms with Crippen LogP contribution in [-0.4, -0.2) is 86.8 Å². The van der Waals surface area contributed by atoms with Gasteiger partial charge in [0.1, 0.15) is 6.54 Å². The smallest absolute Gasteiger partial charge is 0.364 e. The third-order valence-electron chi connectivity index (χ3n) is 4.89. The van der Waals surface area contributed by atoms with E-state index in [-0.39, 0.29) is 36.9 Å². The first-order valence-corrected chi connectivity index (χ1v) is 11.7. The average molecular weight is 485 g/mol. The van der Waals surface area contributed by atoms with E-state index in [1.54, 1.807) is 21.0 Å². The third kappa shape index (κ3) is 10.1. The standard InChI is InChI=1S/C24H38NO9/c1-7-11-18(26)31-17-16-30-24(34-21(29)15-25(5,6)14-10-4)23(33-20(28)13-9-3)22(17)32-19(27)12-8-2/h4,17,22-24H,7-9,11-16H2,1-3,5-6H3/q+1/t17-,22-,23-,24?/m1/s1. The normalized spacial score (nSPS) is 22.2. The molecule has 1 rings (SSSR count). The highest BCUT2D eigenvalue weighted by Gasteiger charge is 2.49. The number of likely N-dealkylation sites (N-methyl/N-ethyl adjacent to an activating group) is 1. The van der Waals surface area contributed by atoms with E-state index in [4.69, 9.17) is 30.1 Å². The summed E-state index contributed by atoms with van der Waals surface area (Å²) < 4.78 is 27.9. The van der Waals surface area contributed by atoms with E-state index in [9.17, 15) is 19.2 Å². The summed E-state index contributed by atoms with van der Waals surface area (Å²) in [6, 6.07) is 0. The molecule has 0 aromatic rings. The Morgan fingerprint density at radius 1 is 0.824 bits per heavy atom. The summed E-state index contributed by atoms with van der Waals surface area (Å²) in [6.45, 7) is 5.46. The molecular weight excluding hydrogens is 446 g/mol. The Labute approximate surface area is 201 Å². The van der Waals surface area contributed by atoms with Crippen LogP contribution in [0.5, 0.6) is 0 Å². The number of terminal acetylenes is 1. The zero-order valence-electron chi connectivity index (χ0n) is 20.9. The number of hydrogen-bond acceptors (Lipinski definition) is 9. The Bertz CT molecular complexity index is 743. The Balaban J connectivity index is 3.17. The predicted octanol–water partition coefficient (Wildman–Crippen LogP) is 1.73. The Hall–Kier alpha value is -2.64. The molecule has 10 nitrogen and oxygen atoms in total. The van der Waals surface area contributed by atoms with Crippen LogP contribution in [0.1, 0.15) is 59.3 Å². The second kappa shape index (κ2) is 14.6. The molecule has 0 N–H and O–H groups in total. The van der Waals surface area contributed by atoms with Crippen LogP contribution in [0.15, 0.2) is 0 Å². The van der Waals surface area contributed by atoms with Crippen molar-refractivity contribution in [1.82, 2.24) is 0 Å². The number of ether oxygens (including phenoxy) is 5. The highest BCUT2D eigenvalue weighted by atomic mass is 16.7. The predicted molar refractivity (Wildman–Crippen MR) is 121 cm³/mol. The minimum Gasteiger partial charge on any atom is -0.456 e. The molecule has 1 saturated heterocycles. The molecule has 1 fully saturated rings. The van der Waals surface area contributed by atoms with Crippen molar-refractivity contribution in [2.24, 2.45) is 0 Å². The van der Waals surface area contributed by atoms with Crippen molar-refractivity contribution >= 4 is 23.9 Å². The molecule has 0 aliphatic carbocycles. The number of carbonyl (C=O) groups excluding carboxylic acids is 4. The molecule has 0 bridgehead atoms. The van der Waals surface area contributed by atoms with Crippen LogP contribution in [0.2, 0.25) is 0 Å². The minimum absolute atomic E-state index is 0.0606. The molecule has 1 heterocycles. The highest BCUT2D eigenvalue weighted by molar-refractivity contribution is 5.72. The molecule has 4 atom stereocenters. The number of carbonyl (C=O) groups is 4. The summed E-state index contributed by atoms with van der Waals surface area (Å²) in [5.41, 5.74) is 0. The lowest BCUT2D eigenvalue weighted by Crippen LogP contribution is -2.59. The van der Waals surface area contributed by atoms with Crippen LogP contribution in [-0.2, 0) is 42.9 Å². The van der Waals surface area contributed by atoms with E-state index < -0.39 is 48.5 Å². The lowest BCUT2D eigenvalue weighted by atomic mass is 10.0. The lowest BCUT2D eigenvalue weighted by Gasteiger charge is -2.40. The second-order valence-electron chi connectivity index (χ2n) is 8.83. The monoisotopic (exact) mass is 484 g/mol. The molecule has 1 aliphatic heterocycles. The van der Waals surface area contributed by atoms with Gasteiger partial charge in [-0.25, -0.2) is 4.79 Å². The van der Waals surface area contributed by atoms with Gasteiger partial charge in [-0.2, -0.15) is 0 Å². The van der Waals surface area contributed by atoms with Crippen LogP contribution >= 0.6 is 0 Å². The van der Waals surface area contributed by atoms with Gasteiger partial charge in [0.25, 0.3) is 0 Å². The second-order valence-corrected chi connectivity index (χ2v) is 8.83. The van der Waals surface area contributed by atoms with Crippen LogP contribution < -0.4 is 0 Å². The summed E-state index contributed by atoms with van der Waals surface area (Å²) >= 11 is 0. The fourth-order valence-electron chi connectivity index (χ4n) is 3.29. The van der Waals surface area contributed by atoms with Crippen molar-refractivity contribution in [3.63, 3.8) is 0 Å². The summed E-state index contributed by atoms with van der Waals surface area (Å²) in [5.74, 6) is 0.215. The van der Waals surface area contributed by atoms with Gasteiger partial charge < -0.3 is 28.2 Å². The number of nitrogens with zero attached hydrogens (tertiary/aromatic N) is 1. The molecule has 0 spiro atoms. The van der Waals surface area contributed by atoms with Crippen molar-refractivity contribution in [3.8, 4) is 12.3 Å². The Morgan fingerprint density at radius 2 is 1.32 bits per heavy atom. The first-order chi connectivity index (χ1) is 16.1. The van der Waals surface area contributed by atoms with Crippen LogP contribution in [0.4, 0.5) is 0 Å². The zero-order chi connectivity index (χ0) is 25.7. The summed E-state index contributed by atoms with van der Waals surface area (Å²) in [5, 5.41) is 0. The molecule has 1 aliphatic rings. The van der Waals surface area contributed by atoms with Crippen molar-refractivity contribution in [1.29, 1.82) is 0 Å². The molecule has 34 heavy (non-hydrogen) atoms. The van der Waals surface area contributed by atoms with Crippen molar-refractivity contribution < 1.29 is 47.3 Å². The Kier molecular flexibility index (Phi) is 12.6. The highest BCUT2D eigenvalue weighted by Crippen LogP contribution is 2.26.